The highest BCUT2D eigenvalue weighted by Gasteiger charge is 2.24. The Bertz CT molecular complexity index is 172. The normalized spacial score (nSPS) is 12.2. The molecule has 0 unspecified atom stereocenters. The van der Waals surface area contributed by atoms with E-state index in [-0.39, 0.29) is 13.2 Å². The molecule has 0 fully saturated rings. The molecule has 0 radical (unpaired) electrons. The highest BCUT2D eigenvalue weighted by molar-refractivity contribution is 9.11. The Hall–Kier alpha value is 0.170. The van der Waals surface area contributed by atoms with Gasteiger partial charge in [0.15, 0.2) is 0 Å². The van der Waals surface area contributed by atoms with Gasteiger partial charge in [0.1, 0.15) is 6.26 Å². The van der Waals surface area contributed by atoms with Crippen LogP contribution in [0.2, 0.25) is 0 Å². The monoisotopic (exact) mass is 258 g/mol. The van der Waals surface area contributed by atoms with Gasteiger partial charge < -0.3 is 4.52 Å². The maximum absolute atomic E-state index is 11.4. The summed E-state index contributed by atoms with van der Waals surface area (Å²) >= 11 is 2.97. The van der Waals surface area contributed by atoms with E-state index < -0.39 is 7.82 Å². The minimum absolute atomic E-state index is 0.285. The number of hydrogen-bond acceptors (Lipinski definition) is 4. The fraction of sp³-hybridized carbons (Fsp3) is 0.667. The molecule has 12 heavy (non-hydrogen) atoms. The van der Waals surface area contributed by atoms with Gasteiger partial charge in [-0.1, -0.05) is 15.9 Å². The van der Waals surface area contributed by atoms with Crippen molar-refractivity contribution in [3.8, 4) is 0 Å². The van der Waals surface area contributed by atoms with E-state index in [1.807, 2.05) is 0 Å². The van der Waals surface area contributed by atoms with E-state index in [4.69, 9.17) is 13.6 Å². The van der Waals surface area contributed by atoms with Crippen LogP contribution in [0.15, 0.2) is 11.2 Å². The minimum Gasteiger partial charge on any atom is -0.411 e. The summed E-state index contributed by atoms with van der Waals surface area (Å²) in [5.74, 6) is 0. The standard InChI is InChI=1S/C6H12BrO4P/c1-3-9-12(8,10-4-2)11-6-5-7/h5-6H,3-4H2,1-2H3. The second-order valence-corrected chi connectivity index (χ2v) is 3.80. The minimum atomic E-state index is -3.35. The van der Waals surface area contributed by atoms with Gasteiger partial charge in [-0.25, -0.2) is 4.57 Å². The van der Waals surface area contributed by atoms with Gasteiger partial charge in [0.25, 0.3) is 0 Å². The summed E-state index contributed by atoms with van der Waals surface area (Å²) in [5, 5.41) is 0. The number of halogens is 1. The molecule has 0 heterocycles. The lowest BCUT2D eigenvalue weighted by atomic mass is 10.9. The van der Waals surface area contributed by atoms with Crippen LogP contribution in [-0.2, 0) is 18.1 Å². The summed E-state index contributed by atoms with van der Waals surface area (Å²) in [6, 6.07) is 0. The Balaban J connectivity index is 4.08. The van der Waals surface area contributed by atoms with Crippen molar-refractivity contribution < 1.29 is 18.1 Å². The molecule has 0 amide bonds. The van der Waals surface area contributed by atoms with E-state index in [1.54, 1.807) is 13.8 Å². The lowest BCUT2D eigenvalue weighted by Gasteiger charge is -2.13. The van der Waals surface area contributed by atoms with Crippen LogP contribution in [0, 0.1) is 0 Å². The topological polar surface area (TPSA) is 44.8 Å². The van der Waals surface area contributed by atoms with Crippen LogP contribution < -0.4 is 0 Å². The van der Waals surface area contributed by atoms with E-state index >= 15 is 0 Å². The van der Waals surface area contributed by atoms with Crippen molar-refractivity contribution in [3.05, 3.63) is 11.2 Å². The van der Waals surface area contributed by atoms with Crippen LogP contribution in [-0.4, -0.2) is 13.2 Å². The summed E-state index contributed by atoms with van der Waals surface area (Å²) in [4.78, 5) is 1.43. The molecule has 0 aliphatic heterocycles. The van der Waals surface area contributed by atoms with Crippen LogP contribution in [0.5, 0.6) is 0 Å². The van der Waals surface area contributed by atoms with Crippen molar-refractivity contribution in [2.45, 2.75) is 13.8 Å². The van der Waals surface area contributed by atoms with E-state index in [0.717, 1.165) is 0 Å². The van der Waals surface area contributed by atoms with Gasteiger partial charge in [-0.3, -0.25) is 9.05 Å². The Labute approximate surface area is 80.6 Å². The van der Waals surface area contributed by atoms with Gasteiger partial charge in [0, 0.05) is 4.99 Å². The molecule has 0 aliphatic rings. The molecular weight excluding hydrogens is 247 g/mol. The quantitative estimate of drug-likeness (QED) is 0.543. The molecule has 0 aromatic rings. The smallest absolute Gasteiger partial charge is 0.411 e. The first-order valence-corrected chi connectivity index (χ1v) is 5.89. The number of phosphoric ester groups is 1. The summed E-state index contributed by atoms with van der Waals surface area (Å²) in [6.07, 6.45) is 1.21. The van der Waals surface area contributed by atoms with E-state index in [2.05, 4.69) is 15.9 Å². The van der Waals surface area contributed by atoms with Crippen LogP contribution >= 0.6 is 23.8 Å². The summed E-state index contributed by atoms with van der Waals surface area (Å²) in [7, 11) is -3.35. The van der Waals surface area contributed by atoms with Gasteiger partial charge in [-0.2, -0.15) is 0 Å². The molecule has 6 heteroatoms. The first-order valence-electron chi connectivity index (χ1n) is 3.51. The molecule has 0 atom stereocenters. The molecule has 0 bridgehead atoms. The van der Waals surface area contributed by atoms with Gasteiger partial charge in [0.2, 0.25) is 0 Å². The van der Waals surface area contributed by atoms with Gasteiger partial charge in [-0.05, 0) is 13.8 Å². The van der Waals surface area contributed by atoms with Gasteiger partial charge in [-0.15, -0.1) is 0 Å². The molecule has 0 N–H and O–H groups in total. The lowest BCUT2D eigenvalue weighted by Crippen LogP contribution is -1.96. The van der Waals surface area contributed by atoms with Crippen molar-refractivity contribution >= 4 is 23.8 Å². The average Bonchev–Trinajstić information content (AvgIpc) is 2.02. The highest BCUT2D eigenvalue weighted by atomic mass is 79.9. The zero-order chi connectivity index (χ0) is 9.45. The fourth-order valence-electron chi connectivity index (χ4n) is 0.512. The number of phosphoric acid groups is 1. The Kier molecular flexibility index (Phi) is 6.76. The van der Waals surface area contributed by atoms with Gasteiger partial charge >= 0.3 is 7.82 Å². The van der Waals surface area contributed by atoms with Crippen molar-refractivity contribution in [2.75, 3.05) is 13.2 Å². The van der Waals surface area contributed by atoms with E-state index in [9.17, 15) is 4.57 Å². The Morgan fingerprint density at radius 1 is 1.33 bits per heavy atom. The number of hydrogen-bond donors (Lipinski definition) is 0. The summed E-state index contributed by atoms with van der Waals surface area (Å²) in [5.41, 5.74) is 0. The van der Waals surface area contributed by atoms with Crippen LogP contribution in [0.25, 0.3) is 0 Å². The molecule has 72 valence electrons. The number of rotatable bonds is 6. The van der Waals surface area contributed by atoms with E-state index in [0.29, 0.717) is 0 Å². The third kappa shape index (κ3) is 4.93. The second kappa shape index (κ2) is 6.66. The predicted molar refractivity (Wildman–Crippen MR) is 50.0 cm³/mol. The summed E-state index contributed by atoms with van der Waals surface area (Å²) in [6.45, 7) is 4.00. The van der Waals surface area contributed by atoms with Crippen molar-refractivity contribution in [1.29, 1.82) is 0 Å². The van der Waals surface area contributed by atoms with Gasteiger partial charge in [0.05, 0.1) is 13.2 Å². The van der Waals surface area contributed by atoms with E-state index in [1.165, 1.54) is 11.2 Å². The Morgan fingerprint density at radius 2 is 1.83 bits per heavy atom. The molecule has 0 rings (SSSR count). The average molecular weight is 259 g/mol. The molecule has 0 saturated heterocycles. The lowest BCUT2D eigenvalue weighted by molar-refractivity contribution is 0.154. The zero-order valence-corrected chi connectivity index (χ0v) is 9.51. The zero-order valence-electron chi connectivity index (χ0n) is 7.03. The van der Waals surface area contributed by atoms with Crippen LogP contribution in [0.4, 0.5) is 0 Å². The molecule has 0 spiro atoms. The molecular formula is C6H12BrO4P. The summed E-state index contributed by atoms with van der Waals surface area (Å²) < 4.78 is 25.8. The third-order valence-corrected chi connectivity index (χ3v) is 2.56. The predicted octanol–water partition coefficient (Wildman–Crippen LogP) is 3.05. The molecule has 4 nitrogen and oxygen atoms in total. The first kappa shape index (κ1) is 12.2. The molecule has 0 aromatic carbocycles. The maximum Gasteiger partial charge on any atom is 0.529 e. The first-order chi connectivity index (χ1) is 5.68. The molecule has 0 aromatic heterocycles. The maximum atomic E-state index is 11.4. The van der Waals surface area contributed by atoms with Crippen molar-refractivity contribution in [2.24, 2.45) is 0 Å². The highest BCUT2D eigenvalue weighted by Crippen LogP contribution is 2.49. The fourth-order valence-corrected chi connectivity index (χ4v) is 1.83. The van der Waals surface area contributed by atoms with Crippen LogP contribution in [0.1, 0.15) is 13.8 Å². The SMILES string of the molecule is CCOP(=O)(OC=CBr)OCC. The molecule has 0 aliphatic carbocycles. The largest absolute Gasteiger partial charge is 0.529 e. The second-order valence-electron chi connectivity index (χ2n) is 1.65. The third-order valence-electron chi connectivity index (χ3n) is 0.816. The molecule has 0 saturated carbocycles. The van der Waals surface area contributed by atoms with Crippen molar-refractivity contribution in [3.63, 3.8) is 0 Å². The Morgan fingerprint density at radius 3 is 2.17 bits per heavy atom. The van der Waals surface area contributed by atoms with Crippen LogP contribution in [0.3, 0.4) is 0 Å². The van der Waals surface area contributed by atoms with Crippen molar-refractivity contribution in [1.82, 2.24) is 0 Å².